The first-order valence-corrected chi connectivity index (χ1v) is 11.9. The molecule has 0 spiro atoms. The van der Waals surface area contributed by atoms with Crippen molar-refractivity contribution in [1.82, 2.24) is 9.80 Å². The number of amides is 1. The van der Waals surface area contributed by atoms with E-state index in [0.717, 1.165) is 19.5 Å². The van der Waals surface area contributed by atoms with Crippen molar-refractivity contribution in [3.8, 4) is 0 Å². The predicted molar refractivity (Wildman–Crippen MR) is 131 cm³/mol. The number of nitro groups is 1. The molecule has 2 atom stereocenters. The Morgan fingerprint density at radius 1 is 0.941 bits per heavy atom. The summed E-state index contributed by atoms with van der Waals surface area (Å²) in [6.07, 6.45) is 1.16. The van der Waals surface area contributed by atoms with E-state index in [-0.39, 0.29) is 17.4 Å². The van der Waals surface area contributed by atoms with Gasteiger partial charge in [-0.1, -0.05) is 44.2 Å². The van der Waals surface area contributed by atoms with E-state index in [1.54, 1.807) is 36.4 Å². The van der Waals surface area contributed by atoms with Crippen molar-refractivity contribution >= 4 is 23.1 Å². The first kappa shape index (κ1) is 23.9. The van der Waals surface area contributed by atoms with Gasteiger partial charge in [0.05, 0.1) is 11.5 Å². The summed E-state index contributed by atoms with van der Waals surface area (Å²) in [6, 6.07) is 13.5. The zero-order valence-electron chi connectivity index (χ0n) is 19.9. The molecule has 0 bridgehead atoms. The third-order valence-electron chi connectivity index (χ3n) is 6.76. The molecule has 2 unspecified atom stereocenters. The number of rotatable bonds is 6. The number of hydrogen-bond donors (Lipinski definition) is 0. The second kappa shape index (κ2) is 10.3. The molecular formula is C26H32N4O4. The number of benzene rings is 2. The molecule has 0 saturated carbocycles. The van der Waals surface area contributed by atoms with E-state index in [0.29, 0.717) is 61.4 Å². The quantitative estimate of drug-likeness (QED) is 0.370. The average Bonchev–Trinajstić information content (AvgIpc) is 2.83. The van der Waals surface area contributed by atoms with E-state index in [1.165, 1.54) is 6.07 Å². The van der Waals surface area contributed by atoms with Gasteiger partial charge in [-0.15, -0.1) is 0 Å². The van der Waals surface area contributed by atoms with Gasteiger partial charge in [-0.3, -0.25) is 24.6 Å². The van der Waals surface area contributed by atoms with Crippen LogP contribution in [0.2, 0.25) is 0 Å². The molecule has 0 aromatic heterocycles. The molecule has 34 heavy (non-hydrogen) atoms. The van der Waals surface area contributed by atoms with Crippen LogP contribution in [0.4, 0.5) is 11.4 Å². The molecule has 8 nitrogen and oxygen atoms in total. The molecule has 2 heterocycles. The zero-order valence-corrected chi connectivity index (χ0v) is 19.9. The molecule has 2 aliphatic rings. The Kier molecular flexibility index (Phi) is 7.26. The largest absolute Gasteiger partial charge is 0.363 e. The van der Waals surface area contributed by atoms with Crippen molar-refractivity contribution in [2.75, 3.05) is 50.7 Å². The van der Waals surface area contributed by atoms with Gasteiger partial charge in [0.2, 0.25) is 5.91 Å². The standard InChI is InChI=1S/C26H32N4O4/c1-19-14-20(2)17-29(16-19)25(31)18-27-10-12-28(13-11-27)23-9-8-22(15-24(23)30(33)34)26(32)21-6-4-3-5-7-21/h3-9,15,19-20H,10-14,16-18H2,1-2H3. The molecule has 0 N–H and O–H groups in total. The fraction of sp³-hybridized carbons (Fsp3) is 0.462. The van der Waals surface area contributed by atoms with Gasteiger partial charge in [0, 0.05) is 56.5 Å². The topological polar surface area (TPSA) is 87.0 Å². The Labute approximate surface area is 200 Å². The van der Waals surface area contributed by atoms with Crippen LogP contribution in [0.1, 0.15) is 36.2 Å². The summed E-state index contributed by atoms with van der Waals surface area (Å²) >= 11 is 0. The molecular weight excluding hydrogens is 432 g/mol. The van der Waals surface area contributed by atoms with E-state index >= 15 is 0 Å². The number of carbonyl (C=O) groups is 2. The zero-order chi connectivity index (χ0) is 24.2. The van der Waals surface area contributed by atoms with Gasteiger partial charge >= 0.3 is 0 Å². The van der Waals surface area contributed by atoms with Crippen LogP contribution in [-0.2, 0) is 4.79 Å². The van der Waals surface area contributed by atoms with Crippen molar-refractivity contribution in [1.29, 1.82) is 0 Å². The highest BCUT2D eigenvalue weighted by molar-refractivity contribution is 6.09. The Morgan fingerprint density at radius 2 is 1.59 bits per heavy atom. The Balaban J connectivity index is 1.40. The molecule has 0 aliphatic carbocycles. The number of piperidine rings is 1. The summed E-state index contributed by atoms with van der Waals surface area (Å²) in [6.45, 7) is 8.92. The lowest BCUT2D eigenvalue weighted by Crippen LogP contribution is -2.52. The highest BCUT2D eigenvalue weighted by Gasteiger charge is 2.29. The number of likely N-dealkylation sites (tertiary alicyclic amines) is 1. The highest BCUT2D eigenvalue weighted by Crippen LogP contribution is 2.31. The number of hydrogen-bond acceptors (Lipinski definition) is 6. The summed E-state index contributed by atoms with van der Waals surface area (Å²) in [5.41, 5.74) is 1.25. The fourth-order valence-corrected chi connectivity index (χ4v) is 5.14. The lowest BCUT2D eigenvalue weighted by molar-refractivity contribution is -0.384. The number of piperazine rings is 1. The van der Waals surface area contributed by atoms with Crippen molar-refractivity contribution in [3.63, 3.8) is 0 Å². The summed E-state index contributed by atoms with van der Waals surface area (Å²) < 4.78 is 0. The van der Waals surface area contributed by atoms with Gasteiger partial charge in [-0.25, -0.2) is 0 Å². The Morgan fingerprint density at radius 3 is 2.21 bits per heavy atom. The molecule has 8 heteroatoms. The molecule has 0 radical (unpaired) electrons. The lowest BCUT2D eigenvalue weighted by atomic mass is 9.92. The van der Waals surface area contributed by atoms with Crippen LogP contribution < -0.4 is 4.90 Å². The van der Waals surface area contributed by atoms with Crippen LogP contribution in [0, 0.1) is 22.0 Å². The lowest BCUT2D eigenvalue weighted by Gasteiger charge is -2.38. The average molecular weight is 465 g/mol. The molecule has 1 amide bonds. The molecule has 2 fully saturated rings. The summed E-state index contributed by atoms with van der Waals surface area (Å²) in [5.74, 6) is 0.991. The molecule has 2 aromatic carbocycles. The normalized spacial score (nSPS) is 21.4. The smallest absolute Gasteiger partial charge is 0.293 e. The van der Waals surface area contributed by atoms with E-state index in [9.17, 15) is 19.7 Å². The maximum absolute atomic E-state index is 12.8. The van der Waals surface area contributed by atoms with Crippen LogP contribution in [-0.4, -0.2) is 72.2 Å². The van der Waals surface area contributed by atoms with E-state index in [2.05, 4.69) is 18.7 Å². The second-order valence-corrected chi connectivity index (χ2v) is 9.66. The van der Waals surface area contributed by atoms with Gasteiger partial charge < -0.3 is 9.80 Å². The van der Waals surface area contributed by atoms with Gasteiger partial charge in [0.15, 0.2) is 5.78 Å². The van der Waals surface area contributed by atoms with Gasteiger partial charge in [-0.2, -0.15) is 0 Å². The predicted octanol–water partition coefficient (Wildman–Crippen LogP) is 3.45. The Bertz CT molecular complexity index is 1040. The third-order valence-corrected chi connectivity index (χ3v) is 6.76. The van der Waals surface area contributed by atoms with Crippen molar-refractivity contribution in [2.24, 2.45) is 11.8 Å². The summed E-state index contributed by atoms with van der Waals surface area (Å²) in [5, 5.41) is 11.8. The summed E-state index contributed by atoms with van der Waals surface area (Å²) in [7, 11) is 0. The number of anilines is 1. The molecule has 2 aromatic rings. The minimum atomic E-state index is -0.425. The van der Waals surface area contributed by atoms with Crippen molar-refractivity contribution in [3.05, 3.63) is 69.8 Å². The van der Waals surface area contributed by atoms with Crippen molar-refractivity contribution < 1.29 is 14.5 Å². The number of carbonyl (C=O) groups excluding carboxylic acids is 2. The van der Waals surface area contributed by atoms with Crippen LogP contribution in [0.3, 0.4) is 0 Å². The van der Waals surface area contributed by atoms with E-state index < -0.39 is 4.92 Å². The van der Waals surface area contributed by atoms with Gasteiger partial charge in [0.25, 0.3) is 5.69 Å². The third kappa shape index (κ3) is 5.44. The van der Waals surface area contributed by atoms with Crippen LogP contribution in [0.25, 0.3) is 0 Å². The SMILES string of the molecule is CC1CC(C)CN(C(=O)CN2CCN(c3ccc(C(=O)c4ccccc4)cc3[N+](=O)[O-])CC2)C1. The number of nitrogens with zero attached hydrogens (tertiary/aromatic N) is 4. The van der Waals surface area contributed by atoms with Crippen LogP contribution >= 0.6 is 0 Å². The fourth-order valence-electron chi connectivity index (χ4n) is 5.14. The summed E-state index contributed by atoms with van der Waals surface area (Å²) in [4.78, 5) is 43.0. The molecule has 2 saturated heterocycles. The first-order chi connectivity index (χ1) is 16.3. The number of nitro benzene ring substituents is 1. The van der Waals surface area contributed by atoms with E-state index in [4.69, 9.17) is 0 Å². The van der Waals surface area contributed by atoms with Crippen LogP contribution in [0.5, 0.6) is 0 Å². The monoisotopic (exact) mass is 464 g/mol. The van der Waals surface area contributed by atoms with Gasteiger partial charge in [0.1, 0.15) is 5.69 Å². The van der Waals surface area contributed by atoms with Crippen molar-refractivity contribution in [2.45, 2.75) is 20.3 Å². The minimum Gasteiger partial charge on any atom is -0.363 e. The molecule has 4 rings (SSSR count). The highest BCUT2D eigenvalue weighted by atomic mass is 16.6. The number of ketones is 1. The molecule has 2 aliphatic heterocycles. The maximum Gasteiger partial charge on any atom is 0.293 e. The first-order valence-electron chi connectivity index (χ1n) is 11.9. The molecule has 180 valence electrons. The van der Waals surface area contributed by atoms with E-state index in [1.807, 2.05) is 15.9 Å². The van der Waals surface area contributed by atoms with Gasteiger partial charge in [-0.05, 0) is 30.4 Å². The maximum atomic E-state index is 12.8. The second-order valence-electron chi connectivity index (χ2n) is 9.66. The minimum absolute atomic E-state index is 0.0670. The van der Waals surface area contributed by atoms with Crippen LogP contribution in [0.15, 0.2) is 48.5 Å². The Hall–Kier alpha value is -3.26.